The molecule has 1 aliphatic heterocycles. The number of aryl methyl sites for hydroxylation is 1. The van der Waals surface area contributed by atoms with Crippen LogP contribution in [0.1, 0.15) is 66.0 Å². The lowest BCUT2D eigenvalue weighted by Crippen LogP contribution is -2.49. The van der Waals surface area contributed by atoms with Crippen molar-refractivity contribution in [3.05, 3.63) is 52.8 Å². The number of ether oxygens (including phenoxy) is 1. The molecule has 7 heteroatoms. The smallest absolute Gasteiger partial charge is 0.270 e. The summed E-state index contributed by atoms with van der Waals surface area (Å²) in [4.78, 5) is 13.2. The highest BCUT2D eigenvalue weighted by atomic mass is 35.5. The molecular formula is C22H31ClN4O2. The fraction of sp³-hybridized carbons (Fsp3) is 0.545. The Kier molecular flexibility index (Phi) is 6.36. The molecule has 4 rings (SSSR count). The lowest BCUT2D eigenvalue weighted by Gasteiger charge is -2.40. The Bertz CT molecular complexity index is 873. The summed E-state index contributed by atoms with van der Waals surface area (Å²) in [5.41, 5.74) is 3.96. The molecule has 1 spiro atoms. The van der Waals surface area contributed by atoms with E-state index in [-0.39, 0.29) is 41.8 Å². The van der Waals surface area contributed by atoms with Crippen molar-refractivity contribution in [2.75, 3.05) is 20.2 Å². The predicted octanol–water partition coefficient (Wildman–Crippen LogP) is 3.09. The highest BCUT2D eigenvalue weighted by molar-refractivity contribution is 5.93. The standard InChI is InChI=1S/C22H30N4O2.ClH/c1-14(2)17-13-18(26(3)25-17)21(27)24-19-15-7-5-6-8-16(15)22(20(19)28-4)9-11-23-12-10-22;/h5-8,13-14,19-20,23H,9-12H2,1-4H3,(H,24,27);1H/t19-,20+;/m1./s1. The van der Waals surface area contributed by atoms with Gasteiger partial charge in [-0.05, 0) is 49.0 Å². The quantitative estimate of drug-likeness (QED) is 0.800. The van der Waals surface area contributed by atoms with Gasteiger partial charge in [0.1, 0.15) is 5.69 Å². The van der Waals surface area contributed by atoms with Gasteiger partial charge < -0.3 is 15.4 Å². The Labute approximate surface area is 178 Å². The van der Waals surface area contributed by atoms with Crippen LogP contribution in [-0.2, 0) is 17.2 Å². The minimum atomic E-state index is -0.163. The SMILES string of the molecule is CO[C@H]1[C@H](NC(=O)c2cc(C(C)C)nn2C)c2ccccc2C12CCNCC2.Cl. The lowest BCUT2D eigenvalue weighted by molar-refractivity contribution is 0.00388. The van der Waals surface area contributed by atoms with Gasteiger partial charge in [0, 0.05) is 19.6 Å². The van der Waals surface area contributed by atoms with Gasteiger partial charge in [0.15, 0.2) is 0 Å². The number of nitrogens with zero attached hydrogens (tertiary/aromatic N) is 2. The van der Waals surface area contributed by atoms with Gasteiger partial charge in [0.05, 0.1) is 17.8 Å². The van der Waals surface area contributed by atoms with Crippen molar-refractivity contribution in [2.24, 2.45) is 7.05 Å². The minimum absolute atomic E-state index is 0. The number of carbonyl (C=O) groups excluding carboxylic acids is 1. The third-order valence-corrected chi connectivity index (χ3v) is 6.44. The van der Waals surface area contributed by atoms with Gasteiger partial charge in [-0.3, -0.25) is 9.48 Å². The molecule has 0 saturated carbocycles. The molecule has 1 fully saturated rings. The van der Waals surface area contributed by atoms with E-state index in [1.165, 1.54) is 11.1 Å². The van der Waals surface area contributed by atoms with Gasteiger partial charge in [-0.1, -0.05) is 38.1 Å². The summed E-state index contributed by atoms with van der Waals surface area (Å²) in [6, 6.07) is 10.2. The van der Waals surface area contributed by atoms with Gasteiger partial charge in [0.25, 0.3) is 5.91 Å². The Morgan fingerprint density at radius 1 is 1.31 bits per heavy atom. The molecular weight excluding hydrogens is 388 g/mol. The monoisotopic (exact) mass is 418 g/mol. The Balaban J connectivity index is 0.00000240. The summed E-state index contributed by atoms with van der Waals surface area (Å²) in [7, 11) is 3.59. The zero-order valence-electron chi connectivity index (χ0n) is 17.6. The second-order valence-corrected chi connectivity index (χ2v) is 8.33. The third kappa shape index (κ3) is 3.58. The third-order valence-electron chi connectivity index (χ3n) is 6.44. The normalized spacial score (nSPS) is 22.4. The van der Waals surface area contributed by atoms with Crippen molar-refractivity contribution in [1.29, 1.82) is 0 Å². The molecule has 2 heterocycles. The Hall–Kier alpha value is -1.89. The molecule has 1 aromatic heterocycles. The van der Waals surface area contributed by atoms with E-state index in [0.29, 0.717) is 5.69 Å². The first-order valence-electron chi connectivity index (χ1n) is 10.2. The maximum Gasteiger partial charge on any atom is 0.270 e. The molecule has 0 bridgehead atoms. The summed E-state index contributed by atoms with van der Waals surface area (Å²) in [5, 5.41) is 11.2. The summed E-state index contributed by atoms with van der Waals surface area (Å²) in [6.07, 6.45) is 1.95. The number of methoxy groups -OCH3 is 1. The van der Waals surface area contributed by atoms with Crippen molar-refractivity contribution in [1.82, 2.24) is 20.4 Å². The van der Waals surface area contributed by atoms with Crippen LogP contribution in [0.2, 0.25) is 0 Å². The number of hydrogen-bond donors (Lipinski definition) is 2. The molecule has 1 saturated heterocycles. The molecule has 0 unspecified atom stereocenters. The van der Waals surface area contributed by atoms with Crippen LogP contribution in [0.3, 0.4) is 0 Å². The highest BCUT2D eigenvalue weighted by Gasteiger charge is 2.53. The van der Waals surface area contributed by atoms with Gasteiger partial charge in [-0.15, -0.1) is 12.4 Å². The number of nitrogens with one attached hydrogen (secondary N) is 2. The number of fused-ring (bicyclic) bond motifs is 2. The molecule has 2 aliphatic rings. The zero-order valence-corrected chi connectivity index (χ0v) is 18.4. The van der Waals surface area contributed by atoms with Gasteiger partial charge >= 0.3 is 0 Å². The van der Waals surface area contributed by atoms with Crippen molar-refractivity contribution in [2.45, 2.75) is 50.2 Å². The molecule has 158 valence electrons. The molecule has 2 aromatic rings. The van der Waals surface area contributed by atoms with E-state index in [2.05, 4.69) is 47.8 Å². The van der Waals surface area contributed by atoms with Crippen LogP contribution in [0.25, 0.3) is 0 Å². The van der Waals surface area contributed by atoms with E-state index in [4.69, 9.17) is 4.74 Å². The number of halogens is 1. The van der Waals surface area contributed by atoms with E-state index in [1.54, 1.807) is 11.8 Å². The van der Waals surface area contributed by atoms with Crippen LogP contribution in [0.4, 0.5) is 0 Å². The number of benzene rings is 1. The summed E-state index contributed by atoms with van der Waals surface area (Å²) >= 11 is 0. The van der Waals surface area contributed by atoms with Crippen LogP contribution < -0.4 is 10.6 Å². The first kappa shape index (κ1) is 21.8. The maximum absolute atomic E-state index is 13.2. The van der Waals surface area contributed by atoms with Gasteiger partial charge in [-0.2, -0.15) is 5.10 Å². The van der Waals surface area contributed by atoms with Gasteiger partial charge in [0.2, 0.25) is 0 Å². The van der Waals surface area contributed by atoms with Crippen molar-refractivity contribution < 1.29 is 9.53 Å². The number of carbonyl (C=O) groups is 1. The number of amides is 1. The topological polar surface area (TPSA) is 68.2 Å². The molecule has 2 N–H and O–H groups in total. The fourth-order valence-corrected chi connectivity index (χ4v) is 5.00. The first-order valence-corrected chi connectivity index (χ1v) is 10.2. The zero-order chi connectivity index (χ0) is 19.9. The van der Waals surface area contributed by atoms with Crippen LogP contribution in [0.5, 0.6) is 0 Å². The van der Waals surface area contributed by atoms with Crippen molar-refractivity contribution in [3.8, 4) is 0 Å². The Morgan fingerprint density at radius 3 is 2.62 bits per heavy atom. The van der Waals surface area contributed by atoms with Gasteiger partial charge in [-0.25, -0.2) is 0 Å². The maximum atomic E-state index is 13.2. The van der Waals surface area contributed by atoms with E-state index >= 15 is 0 Å². The number of piperidine rings is 1. The second-order valence-electron chi connectivity index (χ2n) is 8.33. The van der Waals surface area contributed by atoms with E-state index < -0.39 is 0 Å². The van der Waals surface area contributed by atoms with Crippen LogP contribution in [-0.4, -0.2) is 42.0 Å². The first-order chi connectivity index (χ1) is 13.5. The average Bonchev–Trinajstić information content (AvgIpc) is 3.20. The minimum Gasteiger partial charge on any atom is -0.378 e. The number of aromatic nitrogens is 2. The summed E-state index contributed by atoms with van der Waals surface area (Å²) < 4.78 is 7.72. The molecule has 6 nitrogen and oxygen atoms in total. The van der Waals surface area contributed by atoms with E-state index in [9.17, 15) is 4.79 Å². The van der Waals surface area contributed by atoms with Crippen LogP contribution >= 0.6 is 12.4 Å². The van der Waals surface area contributed by atoms with Crippen LogP contribution in [0.15, 0.2) is 30.3 Å². The average molecular weight is 419 g/mol. The summed E-state index contributed by atoms with van der Waals surface area (Å²) in [6.45, 7) is 6.10. The number of rotatable bonds is 4. The largest absolute Gasteiger partial charge is 0.378 e. The van der Waals surface area contributed by atoms with E-state index in [0.717, 1.165) is 31.6 Å². The van der Waals surface area contributed by atoms with Crippen molar-refractivity contribution in [3.63, 3.8) is 0 Å². The second kappa shape index (κ2) is 8.46. The molecule has 29 heavy (non-hydrogen) atoms. The van der Waals surface area contributed by atoms with Crippen molar-refractivity contribution >= 4 is 18.3 Å². The lowest BCUT2D eigenvalue weighted by atomic mass is 9.72. The highest BCUT2D eigenvalue weighted by Crippen LogP contribution is 2.51. The predicted molar refractivity (Wildman–Crippen MR) is 116 cm³/mol. The summed E-state index contributed by atoms with van der Waals surface area (Å²) in [5.74, 6) is 0.180. The molecule has 0 radical (unpaired) electrons. The number of hydrogen-bond acceptors (Lipinski definition) is 4. The van der Waals surface area contributed by atoms with Crippen LogP contribution in [0, 0.1) is 0 Å². The Morgan fingerprint density at radius 2 is 2.00 bits per heavy atom. The molecule has 2 atom stereocenters. The molecule has 1 aromatic carbocycles. The molecule has 1 aliphatic carbocycles. The van der Waals surface area contributed by atoms with E-state index in [1.807, 2.05) is 19.2 Å². The molecule has 1 amide bonds. The fourth-order valence-electron chi connectivity index (χ4n) is 5.00.